The van der Waals surface area contributed by atoms with Crippen LogP contribution in [0.15, 0.2) is 60.7 Å². The van der Waals surface area contributed by atoms with Crippen LogP contribution in [0.4, 0.5) is 4.39 Å². The summed E-state index contributed by atoms with van der Waals surface area (Å²) in [5, 5.41) is 7.08. The number of ether oxygens (including phenoxy) is 1. The van der Waals surface area contributed by atoms with E-state index >= 15 is 0 Å². The number of hydrogen-bond acceptors (Lipinski definition) is 3. The molecule has 0 saturated carbocycles. The number of carbonyl (C=O) groups is 1. The third-order valence-corrected chi connectivity index (χ3v) is 3.78. The molecule has 0 spiro atoms. The molecule has 0 saturated heterocycles. The highest BCUT2D eigenvalue weighted by Gasteiger charge is 2.13. The molecule has 0 fully saturated rings. The van der Waals surface area contributed by atoms with Gasteiger partial charge in [-0.2, -0.15) is 5.10 Å². The van der Waals surface area contributed by atoms with E-state index < -0.39 is 5.82 Å². The first-order valence-electron chi connectivity index (χ1n) is 8.36. The Kier molecular flexibility index (Phi) is 5.85. The van der Waals surface area contributed by atoms with Gasteiger partial charge in [0.05, 0.1) is 12.2 Å². The van der Waals surface area contributed by atoms with Crippen LogP contribution in [0.25, 0.3) is 11.3 Å². The van der Waals surface area contributed by atoms with Crippen LogP contribution in [-0.2, 0) is 7.05 Å². The maximum absolute atomic E-state index is 13.4. The quantitative estimate of drug-likeness (QED) is 0.709. The molecule has 1 amide bonds. The Morgan fingerprint density at radius 3 is 2.67 bits per heavy atom. The number of para-hydroxylation sites is 1. The number of nitrogens with zero attached hydrogens (tertiary/aromatic N) is 2. The highest BCUT2D eigenvalue weighted by atomic mass is 19.1. The summed E-state index contributed by atoms with van der Waals surface area (Å²) in [6, 6.07) is 17.5. The summed E-state index contributed by atoms with van der Waals surface area (Å²) < 4.78 is 20.1. The van der Waals surface area contributed by atoms with Crippen LogP contribution < -0.4 is 10.1 Å². The van der Waals surface area contributed by atoms with Gasteiger partial charge in [-0.1, -0.05) is 54.3 Å². The van der Waals surface area contributed by atoms with E-state index in [0.717, 1.165) is 11.3 Å². The fraction of sp³-hybridized carbons (Fsp3) is 0.143. The molecule has 27 heavy (non-hydrogen) atoms. The van der Waals surface area contributed by atoms with Gasteiger partial charge in [0.1, 0.15) is 12.3 Å². The molecule has 6 heteroatoms. The Bertz CT molecular complexity index is 987. The van der Waals surface area contributed by atoms with Gasteiger partial charge in [-0.05, 0) is 18.2 Å². The highest BCUT2D eigenvalue weighted by molar-refractivity contribution is 5.93. The number of aryl methyl sites for hydroxylation is 1. The second-order valence-corrected chi connectivity index (χ2v) is 5.66. The van der Waals surface area contributed by atoms with Gasteiger partial charge in [0.15, 0.2) is 11.6 Å². The zero-order valence-electron chi connectivity index (χ0n) is 14.8. The molecule has 0 radical (unpaired) electrons. The van der Waals surface area contributed by atoms with Gasteiger partial charge in [0.2, 0.25) is 0 Å². The van der Waals surface area contributed by atoms with Crippen LogP contribution in [0.2, 0.25) is 0 Å². The van der Waals surface area contributed by atoms with Crippen LogP contribution in [-0.4, -0.2) is 28.8 Å². The van der Waals surface area contributed by atoms with Gasteiger partial charge in [-0.25, -0.2) is 4.39 Å². The minimum Gasteiger partial charge on any atom is -0.478 e. The minimum atomic E-state index is -0.432. The Hall–Kier alpha value is -3.59. The lowest BCUT2D eigenvalue weighted by molar-refractivity contribution is 0.0949. The predicted molar refractivity (Wildman–Crippen MR) is 101 cm³/mol. The maximum Gasteiger partial charge on any atom is 0.270 e. The lowest BCUT2D eigenvalue weighted by atomic mass is 10.1. The van der Waals surface area contributed by atoms with Gasteiger partial charge in [0.25, 0.3) is 5.91 Å². The van der Waals surface area contributed by atoms with Gasteiger partial charge in [-0.3, -0.25) is 9.48 Å². The van der Waals surface area contributed by atoms with Crippen molar-refractivity contribution in [2.75, 3.05) is 13.2 Å². The van der Waals surface area contributed by atoms with Gasteiger partial charge < -0.3 is 10.1 Å². The summed E-state index contributed by atoms with van der Waals surface area (Å²) in [5.41, 5.74) is 2.11. The molecule has 3 rings (SSSR count). The molecule has 0 aliphatic rings. The monoisotopic (exact) mass is 363 g/mol. The van der Waals surface area contributed by atoms with Gasteiger partial charge in [-0.15, -0.1) is 0 Å². The molecule has 136 valence electrons. The number of nitrogens with one attached hydrogen (secondary N) is 1. The minimum absolute atomic E-state index is 0.0423. The van der Waals surface area contributed by atoms with Crippen LogP contribution in [0.5, 0.6) is 5.75 Å². The van der Waals surface area contributed by atoms with Crippen molar-refractivity contribution in [1.82, 2.24) is 15.1 Å². The first kappa shape index (κ1) is 18.2. The van der Waals surface area contributed by atoms with Crippen molar-refractivity contribution in [3.63, 3.8) is 0 Å². The van der Waals surface area contributed by atoms with E-state index in [2.05, 4.69) is 22.3 Å². The Labute approximate surface area is 156 Å². The molecule has 0 bridgehead atoms. The number of carbonyl (C=O) groups excluding carboxylic acids is 1. The van der Waals surface area contributed by atoms with Crippen LogP contribution in [0.3, 0.4) is 0 Å². The molecule has 1 aromatic heterocycles. The van der Waals surface area contributed by atoms with E-state index in [1.165, 1.54) is 16.8 Å². The summed E-state index contributed by atoms with van der Waals surface area (Å²) in [5.74, 6) is 4.96. The smallest absolute Gasteiger partial charge is 0.270 e. The summed E-state index contributed by atoms with van der Waals surface area (Å²) in [6.07, 6.45) is 0. The standard InChI is InChI=1S/C21H18FN3O2/c1-25-19(15-18(24-25)16-9-3-2-4-10-16)21(26)23-13-7-8-14-27-20-12-6-5-11-17(20)22/h2-6,9-12,15H,13-14H2,1H3,(H,23,26). The van der Waals surface area contributed by atoms with E-state index in [0.29, 0.717) is 5.69 Å². The second-order valence-electron chi connectivity index (χ2n) is 5.66. The molecule has 3 aromatic rings. The molecule has 0 unspecified atom stereocenters. The van der Waals surface area contributed by atoms with Gasteiger partial charge in [0, 0.05) is 12.6 Å². The number of amides is 1. The topological polar surface area (TPSA) is 56.2 Å². The number of hydrogen-bond donors (Lipinski definition) is 1. The Balaban J connectivity index is 1.52. The zero-order chi connectivity index (χ0) is 19.1. The largest absolute Gasteiger partial charge is 0.478 e. The molecule has 1 heterocycles. The number of benzene rings is 2. The highest BCUT2D eigenvalue weighted by Crippen LogP contribution is 2.18. The van der Waals surface area contributed by atoms with Crippen LogP contribution in [0, 0.1) is 17.7 Å². The van der Waals surface area contributed by atoms with E-state index in [9.17, 15) is 9.18 Å². The molecule has 0 aliphatic carbocycles. The van der Waals surface area contributed by atoms with Crippen molar-refractivity contribution in [3.8, 4) is 28.8 Å². The van der Waals surface area contributed by atoms with E-state index in [1.807, 2.05) is 30.3 Å². The van der Waals surface area contributed by atoms with Crippen LogP contribution >= 0.6 is 0 Å². The fourth-order valence-corrected chi connectivity index (χ4v) is 2.43. The molecule has 2 aromatic carbocycles. The maximum atomic E-state index is 13.4. The predicted octanol–water partition coefficient (Wildman–Crippen LogP) is 3.04. The third kappa shape index (κ3) is 4.73. The Morgan fingerprint density at radius 1 is 1.15 bits per heavy atom. The number of aromatic nitrogens is 2. The average Bonchev–Trinajstić information content (AvgIpc) is 3.08. The fourth-order valence-electron chi connectivity index (χ4n) is 2.43. The van der Waals surface area contributed by atoms with Crippen LogP contribution in [0.1, 0.15) is 10.5 Å². The number of halogens is 1. The SMILES string of the molecule is Cn1nc(-c2ccccc2)cc1C(=O)NCC#CCOc1ccccc1F. The first-order chi connectivity index (χ1) is 13.1. The van der Waals surface area contributed by atoms with Crippen molar-refractivity contribution >= 4 is 5.91 Å². The van der Waals surface area contributed by atoms with Crippen molar-refractivity contribution in [3.05, 3.63) is 72.2 Å². The normalized spacial score (nSPS) is 10.0. The van der Waals surface area contributed by atoms with E-state index in [4.69, 9.17) is 4.74 Å². The summed E-state index contributed by atoms with van der Waals surface area (Å²) in [4.78, 5) is 12.3. The van der Waals surface area contributed by atoms with E-state index in [-0.39, 0.29) is 24.8 Å². The molecule has 1 N–H and O–H groups in total. The summed E-state index contributed by atoms with van der Waals surface area (Å²) >= 11 is 0. The molecular formula is C21H18FN3O2. The van der Waals surface area contributed by atoms with Crippen molar-refractivity contribution in [1.29, 1.82) is 0 Å². The Morgan fingerprint density at radius 2 is 1.89 bits per heavy atom. The van der Waals surface area contributed by atoms with Crippen molar-refractivity contribution in [2.24, 2.45) is 7.05 Å². The molecule has 0 aliphatic heterocycles. The summed E-state index contributed by atoms with van der Waals surface area (Å²) in [6.45, 7) is 0.200. The van der Waals surface area contributed by atoms with Crippen molar-refractivity contribution in [2.45, 2.75) is 0 Å². The molecule has 0 atom stereocenters. The van der Waals surface area contributed by atoms with E-state index in [1.54, 1.807) is 25.2 Å². The molecule has 5 nitrogen and oxygen atoms in total. The number of rotatable bonds is 5. The molecular weight excluding hydrogens is 345 g/mol. The third-order valence-electron chi connectivity index (χ3n) is 3.78. The average molecular weight is 363 g/mol. The first-order valence-corrected chi connectivity index (χ1v) is 8.36. The lowest BCUT2D eigenvalue weighted by Crippen LogP contribution is -2.25. The van der Waals surface area contributed by atoms with Crippen molar-refractivity contribution < 1.29 is 13.9 Å². The second kappa shape index (κ2) is 8.68. The zero-order valence-corrected chi connectivity index (χ0v) is 14.8. The lowest BCUT2D eigenvalue weighted by Gasteiger charge is -2.02. The summed E-state index contributed by atoms with van der Waals surface area (Å²) in [7, 11) is 1.72. The van der Waals surface area contributed by atoms with Gasteiger partial charge >= 0.3 is 0 Å².